The lowest BCUT2D eigenvalue weighted by molar-refractivity contribution is -0.139. The summed E-state index contributed by atoms with van der Waals surface area (Å²) in [5.74, 6) is -0.774. The van der Waals surface area contributed by atoms with E-state index in [-0.39, 0.29) is 12.5 Å². The van der Waals surface area contributed by atoms with Crippen LogP contribution in [0.1, 0.15) is 29.2 Å². The highest BCUT2D eigenvalue weighted by Crippen LogP contribution is 2.24. The Labute approximate surface area is 185 Å². The number of likely N-dealkylation sites (N-methyl/N-ethyl adjacent to an activating group) is 1. The number of anilines is 1. The largest absolute Gasteiger partial charge is 0.357 e. The Morgan fingerprint density at radius 2 is 1.68 bits per heavy atom. The van der Waals surface area contributed by atoms with Crippen LogP contribution in [0.15, 0.2) is 42.5 Å². The highest BCUT2D eigenvalue weighted by Gasteiger charge is 2.30. The first kappa shape index (κ1) is 24.4. The molecule has 1 atom stereocenters. The van der Waals surface area contributed by atoms with Gasteiger partial charge in [0.05, 0.1) is 11.9 Å². The third-order valence-corrected chi connectivity index (χ3v) is 6.44. The number of sulfonamides is 1. The molecule has 0 radical (unpaired) electrons. The second-order valence-electron chi connectivity index (χ2n) is 7.80. The second kappa shape index (κ2) is 9.96. The number of nitrogens with zero attached hydrogens (tertiary/aromatic N) is 2. The van der Waals surface area contributed by atoms with Gasteiger partial charge in [-0.2, -0.15) is 0 Å². The van der Waals surface area contributed by atoms with Crippen molar-refractivity contribution >= 4 is 27.5 Å². The molecule has 0 aliphatic heterocycles. The van der Waals surface area contributed by atoms with Crippen LogP contribution in [0.25, 0.3) is 0 Å². The Kier molecular flexibility index (Phi) is 7.84. The normalized spacial score (nSPS) is 12.2. The first-order chi connectivity index (χ1) is 14.5. The maximum Gasteiger partial charge on any atom is 0.244 e. The lowest BCUT2D eigenvalue weighted by atomic mass is 10.1. The molecular weight excluding hydrogens is 414 g/mol. The van der Waals surface area contributed by atoms with E-state index in [0.29, 0.717) is 5.69 Å². The number of benzene rings is 2. The molecule has 1 N–H and O–H groups in total. The molecule has 0 bridgehead atoms. The highest BCUT2D eigenvalue weighted by atomic mass is 32.2. The van der Waals surface area contributed by atoms with Gasteiger partial charge >= 0.3 is 0 Å². The quantitative estimate of drug-likeness (QED) is 0.677. The summed E-state index contributed by atoms with van der Waals surface area (Å²) in [7, 11) is -2.22. The minimum Gasteiger partial charge on any atom is -0.357 e. The molecule has 0 aliphatic carbocycles. The van der Waals surface area contributed by atoms with E-state index in [9.17, 15) is 18.0 Å². The molecule has 0 heterocycles. The van der Waals surface area contributed by atoms with Gasteiger partial charge in [0.15, 0.2) is 0 Å². The van der Waals surface area contributed by atoms with Crippen LogP contribution in [0.3, 0.4) is 0 Å². The Morgan fingerprint density at radius 3 is 2.23 bits per heavy atom. The summed E-state index contributed by atoms with van der Waals surface area (Å²) in [5.41, 5.74) is 4.08. The van der Waals surface area contributed by atoms with E-state index in [4.69, 9.17) is 0 Å². The third-order valence-electron chi connectivity index (χ3n) is 5.32. The van der Waals surface area contributed by atoms with Crippen molar-refractivity contribution in [1.29, 1.82) is 0 Å². The lowest BCUT2D eigenvalue weighted by Crippen LogP contribution is -2.50. The molecule has 168 valence electrons. The number of hydrogen-bond donors (Lipinski definition) is 1. The zero-order valence-electron chi connectivity index (χ0n) is 19.0. The summed E-state index contributed by atoms with van der Waals surface area (Å²) in [5, 5.41) is 2.57. The first-order valence-corrected chi connectivity index (χ1v) is 11.9. The summed E-state index contributed by atoms with van der Waals surface area (Å²) in [6.45, 7) is 7.10. The predicted molar refractivity (Wildman–Crippen MR) is 123 cm³/mol. The molecule has 0 aliphatic rings. The van der Waals surface area contributed by atoms with Gasteiger partial charge in [-0.25, -0.2) is 8.42 Å². The molecular formula is C23H31N3O4S. The standard InChI is InChI=1S/C23H31N3O4S/c1-16-11-12-21(18(3)13-16)26(31(6,29)30)15-22(27)25(19(4)23(28)24-5)14-20-10-8-7-9-17(20)2/h7-13,19H,14-15H2,1-6H3,(H,24,28)/t19-/m0/s1. The average molecular weight is 446 g/mol. The third kappa shape index (κ3) is 6.07. The van der Waals surface area contributed by atoms with E-state index in [2.05, 4.69) is 5.32 Å². The van der Waals surface area contributed by atoms with Crippen molar-refractivity contribution in [2.24, 2.45) is 0 Å². The summed E-state index contributed by atoms with van der Waals surface area (Å²) >= 11 is 0. The summed E-state index contributed by atoms with van der Waals surface area (Å²) in [6, 6.07) is 12.2. The predicted octanol–water partition coefficient (Wildman–Crippen LogP) is 2.54. The van der Waals surface area contributed by atoms with E-state index in [0.717, 1.165) is 32.8 Å². The number of aryl methyl sites for hydroxylation is 3. The fourth-order valence-corrected chi connectivity index (χ4v) is 4.35. The highest BCUT2D eigenvalue weighted by molar-refractivity contribution is 7.92. The SMILES string of the molecule is CNC(=O)[C@H](C)N(Cc1ccccc1C)C(=O)CN(c1ccc(C)cc1C)S(C)(=O)=O. The van der Waals surface area contributed by atoms with E-state index in [1.807, 2.05) is 57.2 Å². The van der Waals surface area contributed by atoms with Crippen LogP contribution >= 0.6 is 0 Å². The minimum absolute atomic E-state index is 0.199. The summed E-state index contributed by atoms with van der Waals surface area (Å²) < 4.78 is 26.3. The molecule has 2 aromatic rings. The monoisotopic (exact) mass is 445 g/mol. The van der Waals surface area contributed by atoms with Crippen molar-refractivity contribution in [2.75, 3.05) is 24.2 Å². The molecule has 31 heavy (non-hydrogen) atoms. The minimum atomic E-state index is -3.73. The van der Waals surface area contributed by atoms with Gasteiger partial charge in [-0.15, -0.1) is 0 Å². The second-order valence-corrected chi connectivity index (χ2v) is 9.70. The average Bonchev–Trinajstić information content (AvgIpc) is 2.70. The number of rotatable bonds is 8. The van der Waals surface area contributed by atoms with Crippen molar-refractivity contribution in [2.45, 2.75) is 40.3 Å². The van der Waals surface area contributed by atoms with E-state index in [1.54, 1.807) is 13.0 Å². The molecule has 0 aromatic heterocycles. The first-order valence-electron chi connectivity index (χ1n) is 10.1. The van der Waals surface area contributed by atoms with Gasteiger partial charge in [-0.1, -0.05) is 42.0 Å². The van der Waals surface area contributed by atoms with Crippen LogP contribution in [0.2, 0.25) is 0 Å². The van der Waals surface area contributed by atoms with Crippen LogP contribution in [0.4, 0.5) is 5.69 Å². The van der Waals surface area contributed by atoms with Gasteiger partial charge in [0.2, 0.25) is 21.8 Å². The number of carbonyl (C=O) groups excluding carboxylic acids is 2. The van der Waals surface area contributed by atoms with Crippen molar-refractivity contribution in [3.63, 3.8) is 0 Å². The van der Waals surface area contributed by atoms with Crippen LogP contribution in [-0.4, -0.2) is 51.0 Å². The summed E-state index contributed by atoms with van der Waals surface area (Å²) in [4.78, 5) is 27.1. The fourth-order valence-electron chi connectivity index (χ4n) is 3.44. The molecule has 0 saturated carbocycles. The van der Waals surface area contributed by atoms with Crippen LogP contribution < -0.4 is 9.62 Å². The Bertz CT molecular complexity index is 1070. The van der Waals surface area contributed by atoms with Gasteiger partial charge in [-0.05, 0) is 50.5 Å². The van der Waals surface area contributed by atoms with Crippen molar-refractivity contribution in [1.82, 2.24) is 10.2 Å². The van der Waals surface area contributed by atoms with E-state index >= 15 is 0 Å². The number of hydrogen-bond acceptors (Lipinski definition) is 4. The summed E-state index contributed by atoms with van der Waals surface area (Å²) in [6.07, 6.45) is 1.08. The zero-order chi connectivity index (χ0) is 23.3. The lowest BCUT2D eigenvalue weighted by Gasteiger charge is -2.32. The van der Waals surface area contributed by atoms with Crippen LogP contribution in [0, 0.1) is 20.8 Å². The maximum atomic E-state index is 13.4. The van der Waals surface area contributed by atoms with Gasteiger partial charge in [0.1, 0.15) is 12.6 Å². The molecule has 0 saturated heterocycles. The molecule has 2 rings (SSSR count). The van der Waals surface area contributed by atoms with E-state index in [1.165, 1.54) is 11.9 Å². The molecule has 8 heteroatoms. The molecule has 2 amide bonds. The van der Waals surface area contributed by atoms with Crippen LogP contribution in [0.5, 0.6) is 0 Å². The molecule has 2 aromatic carbocycles. The van der Waals surface area contributed by atoms with Crippen molar-refractivity contribution in [3.05, 3.63) is 64.7 Å². The van der Waals surface area contributed by atoms with Crippen LogP contribution in [-0.2, 0) is 26.2 Å². The Hall–Kier alpha value is -2.87. The van der Waals surface area contributed by atoms with E-state index < -0.39 is 28.5 Å². The number of amides is 2. The van der Waals surface area contributed by atoms with Crippen molar-refractivity contribution < 1.29 is 18.0 Å². The fraction of sp³-hybridized carbons (Fsp3) is 0.391. The topological polar surface area (TPSA) is 86.8 Å². The maximum absolute atomic E-state index is 13.4. The molecule has 7 nitrogen and oxygen atoms in total. The smallest absolute Gasteiger partial charge is 0.244 e. The van der Waals surface area contributed by atoms with Gasteiger partial charge in [0.25, 0.3) is 0 Å². The number of carbonyl (C=O) groups is 2. The Balaban J connectivity index is 2.43. The van der Waals surface area contributed by atoms with Gasteiger partial charge < -0.3 is 10.2 Å². The molecule has 0 unspecified atom stereocenters. The van der Waals surface area contributed by atoms with Crippen molar-refractivity contribution in [3.8, 4) is 0 Å². The zero-order valence-corrected chi connectivity index (χ0v) is 19.8. The molecule has 0 spiro atoms. The van der Waals surface area contributed by atoms with Gasteiger partial charge in [0, 0.05) is 13.6 Å². The van der Waals surface area contributed by atoms with Gasteiger partial charge in [-0.3, -0.25) is 13.9 Å². The number of nitrogens with one attached hydrogen (secondary N) is 1. The molecule has 0 fully saturated rings. The Morgan fingerprint density at radius 1 is 1.03 bits per heavy atom.